The number of hydrogen-bond donors (Lipinski definition) is 0. The van der Waals surface area contributed by atoms with Crippen molar-refractivity contribution in [3.05, 3.63) is 35.4 Å². The fourth-order valence-electron chi connectivity index (χ4n) is 2.02. The van der Waals surface area contributed by atoms with E-state index in [9.17, 15) is 14.4 Å². The summed E-state index contributed by atoms with van der Waals surface area (Å²) in [6.07, 6.45) is 0.631. The van der Waals surface area contributed by atoms with E-state index in [0.29, 0.717) is 12.0 Å². The van der Waals surface area contributed by atoms with Gasteiger partial charge in [0.05, 0.1) is 13.2 Å². The van der Waals surface area contributed by atoms with Crippen molar-refractivity contribution in [3.8, 4) is 0 Å². The van der Waals surface area contributed by atoms with Crippen LogP contribution in [-0.4, -0.2) is 30.9 Å². The van der Waals surface area contributed by atoms with E-state index in [1.807, 2.05) is 0 Å². The highest BCUT2D eigenvalue weighted by Crippen LogP contribution is 2.15. The number of Topliss-reactive ketones (excluding diaryl/α,β-unsaturated/α-hetero) is 1. The molecule has 1 aromatic carbocycles. The highest BCUT2D eigenvalue weighted by molar-refractivity contribution is 5.96. The van der Waals surface area contributed by atoms with Crippen LogP contribution in [0.1, 0.15) is 43.1 Å². The Kier molecular flexibility index (Phi) is 7.29. The number of ether oxygens (including phenoxy) is 2. The van der Waals surface area contributed by atoms with Crippen molar-refractivity contribution in [2.75, 3.05) is 13.2 Å². The zero-order valence-electron chi connectivity index (χ0n) is 13.3. The van der Waals surface area contributed by atoms with Gasteiger partial charge in [-0.05, 0) is 25.8 Å². The Labute approximate surface area is 130 Å². The molecule has 0 saturated carbocycles. The average molecular weight is 306 g/mol. The fourth-order valence-corrected chi connectivity index (χ4v) is 2.02. The summed E-state index contributed by atoms with van der Waals surface area (Å²) in [5, 5.41) is 0. The largest absolute Gasteiger partial charge is 0.465 e. The van der Waals surface area contributed by atoms with Gasteiger partial charge in [-0.2, -0.15) is 0 Å². The highest BCUT2D eigenvalue weighted by atomic mass is 16.6. The molecule has 0 radical (unpaired) electrons. The number of carbonyl (C=O) groups excluding carboxylic acids is 3. The SMILES string of the molecule is CCOC(=O)C(Cc1ccc(C(=O)CC)cc1)C(=O)OCC. The van der Waals surface area contributed by atoms with E-state index in [1.165, 1.54) is 0 Å². The number of carbonyl (C=O) groups is 3. The predicted molar refractivity (Wildman–Crippen MR) is 81.5 cm³/mol. The maximum absolute atomic E-state index is 11.9. The van der Waals surface area contributed by atoms with Crippen LogP contribution in [0.15, 0.2) is 24.3 Å². The molecule has 0 amide bonds. The van der Waals surface area contributed by atoms with E-state index in [0.717, 1.165) is 5.56 Å². The number of benzene rings is 1. The van der Waals surface area contributed by atoms with Gasteiger partial charge in [-0.15, -0.1) is 0 Å². The molecule has 5 nitrogen and oxygen atoms in total. The Morgan fingerprint density at radius 1 is 0.909 bits per heavy atom. The lowest BCUT2D eigenvalue weighted by Gasteiger charge is -2.14. The minimum absolute atomic E-state index is 0.0545. The normalized spacial score (nSPS) is 10.4. The Bertz CT molecular complexity index is 500. The second kappa shape index (κ2) is 8.97. The fraction of sp³-hybridized carbons (Fsp3) is 0.471. The smallest absolute Gasteiger partial charge is 0.320 e. The van der Waals surface area contributed by atoms with Crippen LogP contribution in [0.3, 0.4) is 0 Å². The summed E-state index contributed by atoms with van der Waals surface area (Å²) in [6, 6.07) is 6.89. The Morgan fingerprint density at radius 2 is 1.41 bits per heavy atom. The van der Waals surface area contributed by atoms with Crippen molar-refractivity contribution in [3.63, 3.8) is 0 Å². The Hall–Kier alpha value is -2.17. The summed E-state index contributed by atoms with van der Waals surface area (Å²) in [5.74, 6) is -2.10. The molecule has 0 heterocycles. The molecule has 0 atom stereocenters. The first-order valence-corrected chi connectivity index (χ1v) is 7.48. The summed E-state index contributed by atoms with van der Waals surface area (Å²) in [5.41, 5.74) is 1.40. The van der Waals surface area contributed by atoms with E-state index in [-0.39, 0.29) is 25.4 Å². The number of esters is 2. The summed E-state index contributed by atoms with van der Waals surface area (Å²) >= 11 is 0. The highest BCUT2D eigenvalue weighted by Gasteiger charge is 2.29. The summed E-state index contributed by atoms with van der Waals surface area (Å²) in [6.45, 7) is 5.58. The summed E-state index contributed by atoms with van der Waals surface area (Å²) in [7, 11) is 0. The van der Waals surface area contributed by atoms with Crippen molar-refractivity contribution >= 4 is 17.7 Å². The molecular weight excluding hydrogens is 284 g/mol. The van der Waals surface area contributed by atoms with E-state index in [4.69, 9.17) is 9.47 Å². The molecular formula is C17H22O5. The third-order valence-corrected chi connectivity index (χ3v) is 3.18. The van der Waals surface area contributed by atoms with Crippen LogP contribution in [0.4, 0.5) is 0 Å². The van der Waals surface area contributed by atoms with Gasteiger partial charge < -0.3 is 9.47 Å². The standard InChI is InChI=1S/C17H22O5/c1-4-15(18)13-9-7-12(8-10-13)11-14(16(19)21-5-2)17(20)22-6-3/h7-10,14H,4-6,11H2,1-3H3. The second-order valence-corrected chi connectivity index (χ2v) is 4.73. The van der Waals surface area contributed by atoms with E-state index in [2.05, 4.69) is 0 Å². The minimum atomic E-state index is -0.979. The summed E-state index contributed by atoms with van der Waals surface area (Å²) < 4.78 is 9.86. The first-order chi connectivity index (χ1) is 10.5. The van der Waals surface area contributed by atoms with E-state index < -0.39 is 17.9 Å². The van der Waals surface area contributed by atoms with Gasteiger partial charge in [0.2, 0.25) is 0 Å². The van der Waals surface area contributed by atoms with Gasteiger partial charge in [-0.25, -0.2) is 0 Å². The number of rotatable bonds is 8. The van der Waals surface area contributed by atoms with Crippen molar-refractivity contribution in [1.82, 2.24) is 0 Å². The molecule has 0 N–H and O–H groups in total. The quantitative estimate of drug-likeness (QED) is 0.419. The maximum Gasteiger partial charge on any atom is 0.320 e. The topological polar surface area (TPSA) is 69.7 Å². The van der Waals surface area contributed by atoms with Crippen molar-refractivity contribution in [1.29, 1.82) is 0 Å². The van der Waals surface area contributed by atoms with Gasteiger partial charge in [0, 0.05) is 12.0 Å². The van der Waals surface area contributed by atoms with Gasteiger partial charge >= 0.3 is 11.9 Å². The second-order valence-electron chi connectivity index (χ2n) is 4.73. The van der Waals surface area contributed by atoms with Crippen LogP contribution in [-0.2, 0) is 25.5 Å². The molecule has 0 aromatic heterocycles. The minimum Gasteiger partial charge on any atom is -0.465 e. The third-order valence-electron chi connectivity index (χ3n) is 3.18. The van der Waals surface area contributed by atoms with Crippen LogP contribution in [0, 0.1) is 5.92 Å². The zero-order valence-corrected chi connectivity index (χ0v) is 13.3. The maximum atomic E-state index is 11.9. The molecule has 0 bridgehead atoms. The molecule has 0 unspecified atom stereocenters. The molecule has 0 aliphatic carbocycles. The Balaban J connectivity index is 2.86. The molecule has 22 heavy (non-hydrogen) atoms. The molecule has 0 aliphatic rings. The lowest BCUT2D eigenvalue weighted by Crippen LogP contribution is -2.30. The molecule has 120 valence electrons. The first kappa shape index (κ1) is 17.9. The van der Waals surface area contributed by atoms with Crippen LogP contribution in [0.25, 0.3) is 0 Å². The molecule has 0 fully saturated rings. The van der Waals surface area contributed by atoms with Crippen molar-refractivity contribution in [2.45, 2.75) is 33.6 Å². The molecule has 1 aromatic rings. The zero-order chi connectivity index (χ0) is 16.5. The van der Waals surface area contributed by atoms with E-state index >= 15 is 0 Å². The van der Waals surface area contributed by atoms with Gasteiger partial charge in [0.15, 0.2) is 11.7 Å². The van der Waals surface area contributed by atoms with Crippen LogP contribution in [0.2, 0.25) is 0 Å². The predicted octanol–water partition coefficient (Wildman–Crippen LogP) is 2.56. The molecule has 0 spiro atoms. The number of hydrogen-bond acceptors (Lipinski definition) is 5. The van der Waals surface area contributed by atoms with Crippen LogP contribution < -0.4 is 0 Å². The van der Waals surface area contributed by atoms with Gasteiger partial charge in [0.25, 0.3) is 0 Å². The summed E-state index contributed by atoms with van der Waals surface area (Å²) in [4.78, 5) is 35.4. The molecule has 0 saturated heterocycles. The monoisotopic (exact) mass is 306 g/mol. The lowest BCUT2D eigenvalue weighted by atomic mass is 9.97. The van der Waals surface area contributed by atoms with Crippen molar-refractivity contribution in [2.24, 2.45) is 5.92 Å². The van der Waals surface area contributed by atoms with Gasteiger partial charge in [-0.1, -0.05) is 31.2 Å². The third kappa shape index (κ3) is 4.98. The molecule has 0 aliphatic heterocycles. The van der Waals surface area contributed by atoms with Crippen LogP contribution in [0.5, 0.6) is 0 Å². The van der Waals surface area contributed by atoms with Gasteiger partial charge in [0.1, 0.15) is 0 Å². The van der Waals surface area contributed by atoms with Crippen molar-refractivity contribution < 1.29 is 23.9 Å². The average Bonchev–Trinajstić information content (AvgIpc) is 2.52. The van der Waals surface area contributed by atoms with Gasteiger partial charge in [-0.3, -0.25) is 14.4 Å². The Morgan fingerprint density at radius 3 is 1.82 bits per heavy atom. The van der Waals surface area contributed by atoms with E-state index in [1.54, 1.807) is 45.0 Å². The van der Waals surface area contributed by atoms with Crippen LogP contribution >= 0.6 is 0 Å². The molecule has 5 heteroatoms. The molecule has 1 rings (SSSR count). The lowest BCUT2D eigenvalue weighted by molar-refractivity contribution is -0.161. The first-order valence-electron chi connectivity index (χ1n) is 7.48. The number of ketones is 1.